The first kappa shape index (κ1) is 19.4. The quantitative estimate of drug-likeness (QED) is 0.542. The van der Waals surface area contributed by atoms with Gasteiger partial charge in [-0.05, 0) is 56.8 Å². The highest BCUT2D eigenvalue weighted by Crippen LogP contribution is 2.65. The normalized spacial score (nSPS) is 51.1. The molecule has 0 aromatic carbocycles. The predicted octanol–water partition coefficient (Wildman–Crippen LogP) is 3.68. The lowest BCUT2D eigenvalue weighted by Crippen LogP contribution is -2.70. The van der Waals surface area contributed by atoms with Crippen molar-refractivity contribution in [2.24, 2.45) is 22.7 Å². The van der Waals surface area contributed by atoms with Gasteiger partial charge in [-0.2, -0.15) is 0 Å². The van der Waals surface area contributed by atoms with Crippen molar-refractivity contribution in [1.29, 1.82) is 0 Å². The summed E-state index contributed by atoms with van der Waals surface area (Å²) < 4.78 is 18.3. The number of carbonyl (C=O) groups excluding carboxylic acids is 2. The molecule has 2 aliphatic heterocycles. The Morgan fingerprint density at radius 3 is 2.37 bits per heavy atom. The van der Waals surface area contributed by atoms with Crippen molar-refractivity contribution in [3.63, 3.8) is 0 Å². The lowest BCUT2D eigenvalue weighted by atomic mass is 9.43. The smallest absolute Gasteiger partial charge is 0.303 e. The Balaban J connectivity index is 1.76. The first-order valence-corrected chi connectivity index (χ1v) is 10.5. The number of epoxide rings is 1. The van der Waals surface area contributed by atoms with E-state index in [0.29, 0.717) is 18.6 Å². The van der Waals surface area contributed by atoms with E-state index < -0.39 is 11.0 Å². The topological polar surface area (TPSA) is 65.1 Å². The average molecular weight is 379 g/mol. The van der Waals surface area contributed by atoms with Gasteiger partial charge in [0, 0.05) is 18.8 Å². The molecule has 0 radical (unpaired) electrons. The first-order valence-electron chi connectivity index (χ1n) is 10.5. The molecule has 5 nitrogen and oxygen atoms in total. The van der Waals surface area contributed by atoms with Crippen LogP contribution in [0.15, 0.2) is 0 Å². The van der Waals surface area contributed by atoms with Crippen LogP contribution < -0.4 is 0 Å². The highest BCUT2D eigenvalue weighted by atomic mass is 16.6. The summed E-state index contributed by atoms with van der Waals surface area (Å²) in [6, 6.07) is 0. The monoisotopic (exact) mass is 378 g/mol. The van der Waals surface area contributed by atoms with Gasteiger partial charge >= 0.3 is 5.97 Å². The van der Waals surface area contributed by atoms with Gasteiger partial charge in [0.2, 0.25) is 0 Å². The molecule has 2 saturated heterocycles. The maximum Gasteiger partial charge on any atom is 0.303 e. The van der Waals surface area contributed by atoms with Crippen molar-refractivity contribution >= 4 is 11.8 Å². The van der Waals surface area contributed by atoms with E-state index in [4.69, 9.17) is 14.2 Å². The molecule has 0 unspecified atom stereocenters. The molecule has 2 saturated carbocycles. The van der Waals surface area contributed by atoms with E-state index in [-0.39, 0.29) is 41.0 Å². The summed E-state index contributed by atoms with van der Waals surface area (Å²) in [5.41, 5.74) is -1.26. The number of ether oxygens (including phenoxy) is 3. The van der Waals surface area contributed by atoms with E-state index in [1.807, 2.05) is 0 Å². The Morgan fingerprint density at radius 1 is 1.11 bits per heavy atom. The van der Waals surface area contributed by atoms with Gasteiger partial charge in [-0.25, -0.2) is 0 Å². The molecule has 0 aromatic heterocycles. The lowest BCUT2D eigenvalue weighted by Gasteiger charge is -2.66. The second-order valence-electron chi connectivity index (χ2n) is 10.5. The molecule has 0 amide bonds. The Labute approximate surface area is 162 Å². The number of esters is 1. The molecule has 0 aromatic rings. The largest absolute Gasteiger partial charge is 0.459 e. The summed E-state index contributed by atoms with van der Waals surface area (Å²) in [4.78, 5) is 24.7. The van der Waals surface area contributed by atoms with Crippen LogP contribution >= 0.6 is 0 Å². The third kappa shape index (κ3) is 2.71. The van der Waals surface area contributed by atoms with Gasteiger partial charge in [-0.15, -0.1) is 0 Å². The zero-order valence-electron chi connectivity index (χ0n) is 17.6. The summed E-state index contributed by atoms with van der Waals surface area (Å²) in [7, 11) is 0. The van der Waals surface area contributed by atoms with Crippen LogP contribution in [-0.4, -0.2) is 41.8 Å². The molecule has 4 rings (SSSR count). The number of Topliss-reactive ketones (excluding diaryl/α,β-unsaturated/α-hetero) is 1. The Hall–Kier alpha value is -0.940. The van der Waals surface area contributed by atoms with Crippen molar-refractivity contribution in [3.8, 4) is 0 Å². The summed E-state index contributed by atoms with van der Waals surface area (Å²) in [5.74, 6) is 0.510. The second-order valence-corrected chi connectivity index (χ2v) is 10.5. The lowest BCUT2D eigenvalue weighted by molar-refractivity contribution is -0.303. The van der Waals surface area contributed by atoms with E-state index in [2.05, 4.69) is 34.6 Å². The molecule has 2 heterocycles. The van der Waals surface area contributed by atoms with E-state index in [0.717, 1.165) is 25.9 Å². The minimum absolute atomic E-state index is 0.00848. The predicted molar refractivity (Wildman–Crippen MR) is 100 cm³/mol. The van der Waals surface area contributed by atoms with E-state index in [1.54, 1.807) is 0 Å². The van der Waals surface area contributed by atoms with Crippen molar-refractivity contribution in [2.45, 2.75) is 97.1 Å². The summed E-state index contributed by atoms with van der Waals surface area (Å²) >= 11 is 0. The fourth-order valence-corrected chi connectivity index (χ4v) is 6.94. The number of carbonyl (C=O) groups is 2. The van der Waals surface area contributed by atoms with Crippen LogP contribution in [0.25, 0.3) is 0 Å². The van der Waals surface area contributed by atoms with Crippen molar-refractivity contribution in [2.75, 3.05) is 6.61 Å². The van der Waals surface area contributed by atoms with Gasteiger partial charge in [0.05, 0.1) is 12.2 Å². The summed E-state index contributed by atoms with van der Waals surface area (Å²) in [5, 5.41) is 0. The highest BCUT2D eigenvalue weighted by Gasteiger charge is 2.68. The number of ketones is 1. The van der Waals surface area contributed by atoms with Gasteiger partial charge in [0.25, 0.3) is 0 Å². The fraction of sp³-hybridized carbons (Fsp3) is 0.909. The zero-order chi connectivity index (χ0) is 19.8. The van der Waals surface area contributed by atoms with E-state index >= 15 is 0 Å². The van der Waals surface area contributed by atoms with Gasteiger partial charge in [0.15, 0.2) is 0 Å². The highest BCUT2D eigenvalue weighted by molar-refractivity contribution is 5.85. The minimum Gasteiger partial charge on any atom is -0.459 e. The third-order valence-electron chi connectivity index (χ3n) is 8.56. The van der Waals surface area contributed by atoms with Crippen molar-refractivity contribution < 1.29 is 23.8 Å². The fourth-order valence-electron chi connectivity index (χ4n) is 6.94. The SMILES string of the molecule is CC(=O)O[C@@H]1C[C@@H]2C(C)(C)C(=O)CC[C@@]2(C)[C@@H]2CC[C@](C)([C@H]3CO3)O[C@@]12C. The van der Waals surface area contributed by atoms with Gasteiger partial charge in [0.1, 0.15) is 23.6 Å². The average Bonchev–Trinajstić information content (AvgIpc) is 3.38. The number of hydrogen-bond donors (Lipinski definition) is 0. The van der Waals surface area contributed by atoms with Crippen LogP contribution in [0.4, 0.5) is 0 Å². The molecular formula is C22H34O5. The molecule has 7 atom stereocenters. The van der Waals surface area contributed by atoms with Crippen LogP contribution in [0, 0.1) is 22.7 Å². The number of hydrogen-bond acceptors (Lipinski definition) is 5. The first-order chi connectivity index (χ1) is 12.4. The Kier molecular flexibility index (Phi) is 4.16. The van der Waals surface area contributed by atoms with Crippen LogP contribution in [0.3, 0.4) is 0 Å². The Morgan fingerprint density at radius 2 is 1.78 bits per heavy atom. The third-order valence-corrected chi connectivity index (χ3v) is 8.56. The molecule has 152 valence electrons. The molecule has 0 spiro atoms. The van der Waals surface area contributed by atoms with E-state index in [1.165, 1.54) is 6.92 Å². The Bertz CT molecular complexity index is 668. The van der Waals surface area contributed by atoms with Gasteiger partial charge in [-0.3, -0.25) is 9.59 Å². The maximum atomic E-state index is 12.7. The molecule has 0 N–H and O–H groups in total. The molecular weight excluding hydrogens is 344 g/mol. The van der Waals surface area contributed by atoms with Crippen LogP contribution in [0.1, 0.15) is 73.6 Å². The van der Waals surface area contributed by atoms with Gasteiger partial charge in [-0.1, -0.05) is 20.8 Å². The van der Waals surface area contributed by atoms with Crippen LogP contribution in [0.2, 0.25) is 0 Å². The molecule has 27 heavy (non-hydrogen) atoms. The van der Waals surface area contributed by atoms with E-state index in [9.17, 15) is 9.59 Å². The van der Waals surface area contributed by atoms with Crippen molar-refractivity contribution in [3.05, 3.63) is 0 Å². The minimum atomic E-state index is -0.549. The molecule has 0 bridgehead atoms. The molecule has 5 heteroatoms. The van der Waals surface area contributed by atoms with Crippen molar-refractivity contribution in [1.82, 2.24) is 0 Å². The molecule has 4 aliphatic rings. The number of fused-ring (bicyclic) bond motifs is 3. The second kappa shape index (κ2) is 5.79. The maximum absolute atomic E-state index is 12.7. The zero-order valence-corrected chi connectivity index (χ0v) is 17.6. The molecule has 4 fully saturated rings. The van der Waals surface area contributed by atoms with Crippen LogP contribution in [-0.2, 0) is 23.8 Å². The number of rotatable bonds is 2. The van der Waals surface area contributed by atoms with Crippen LogP contribution in [0.5, 0.6) is 0 Å². The summed E-state index contributed by atoms with van der Waals surface area (Å²) in [6.07, 6.45) is 3.98. The standard InChI is InChI=1S/C22H34O5/c1-13(23)26-17-11-15-19(2,3)16(24)8-9-20(15,4)14-7-10-21(5,18-12-25-18)27-22(14,17)6/h14-15,17-18H,7-12H2,1-6H3/t14-,15+,17+,18+,20-,21+,22+/m0/s1. The summed E-state index contributed by atoms with van der Waals surface area (Å²) in [6.45, 7) is 13.0. The van der Waals surface area contributed by atoms with Gasteiger partial charge < -0.3 is 14.2 Å². The molecule has 2 aliphatic carbocycles.